The van der Waals surface area contributed by atoms with Gasteiger partial charge in [-0.15, -0.1) is 6.42 Å². The molecule has 1 atom stereocenters. The second-order valence-electron chi connectivity index (χ2n) is 5.35. The van der Waals surface area contributed by atoms with Crippen molar-refractivity contribution >= 4 is 6.09 Å². The van der Waals surface area contributed by atoms with Crippen molar-refractivity contribution in [3.63, 3.8) is 0 Å². The Balaban J connectivity index is 2.68. The van der Waals surface area contributed by atoms with Crippen LogP contribution in [0, 0.1) is 24.0 Å². The molecule has 0 aliphatic carbocycles. The second-order valence-corrected chi connectivity index (χ2v) is 5.35. The maximum absolute atomic E-state index is 13.1. The second kappa shape index (κ2) is 6.38. The van der Waals surface area contributed by atoms with Gasteiger partial charge in [-0.25, -0.2) is 13.6 Å². The predicted octanol–water partition coefficient (Wildman–Crippen LogP) is 3.03. The molecule has 0 fully saturated rings. The zero-order valence-electron chi connectivity index (χ0n) is 11.7. The van der Waals surface area contributed by atoms with E-state index in [0.717, 1.165) is 6.07 Å². The fourth-order valence-electron chi connectivity index (χ4n) is 1.57. The van der Waals surface area contributed by atoms with Gasteiger partial charge in [0.05, 0.1) is 6.04 Å². The van der Waals surface area contributed by atoms with Crippen molar-refractivity contribution in [3.8, 4) is 12.3 Å². The summed E-state index contributed by atoms with van der Waals surface area (Å²) in [5.41, 5.74) is -0.282. The van der Waals surface area contributed by atoms with Crippen LogP contribution in [0.1, 0.15) is 26.3 Å². The van der Waals surface area contributed by atoms with E-state index in [-0.39, 0.29) is 6.42 Å². The van der Waals surface area contributed by atoms with Crippen molar-refractivity contribution in [2.24, 2.45) is 0 Å². The van der Waals surface area contributed by atoms with E-state index < -0.39 is 29.4 Å². The van der Waals surface area contributed by atoms with Gasteiger partial charge in [-0.3, -0.25) is 0 Å². The molecule has 0 aliphatic rings. The highest BCUT2D eigenvalue weighted by molar-refractivity contribution is 5.68. The molecule has 5 heteroatoms. The molecule has 1 rings (SSSR count). The molecule has 0 radical (unpaired) electrons. The minimum atomic E-state index is -0.703. The van der Waals surface area contributed by atoms with Crippen molar-refractivity contribution in [1.82, 2.24) is 5.32 Å². The molecule has 0 aliphatic heterocycles. The van der Waals surface area contributed by atoms with Crippen LogP contribution in [0.15, 0.2) is 18.2 Å². The maximum atomic E-state index is 13.1. The van der Waals surface area contributed by atoms with E-state index in [1.54, 1.807) is 20.8 Å². The first-order chi connectivity index (χ1) is 9.19. The lowest BCUT2D eigenvalue weighted by Gasteiger charge is -2.21. The van der Waals surface area contributed by atoms with Crippen LogP contribution in [0.25, 0.3) is 0 Å². The summed E-state index contributed by atoms with van der Waals surface area (Å²) in [6.45, 7) is 5.16. The molecule has 0 heterocycles. The average molecular weight is 281 g/mol. The van der Waals surface area contributed by atoms with Crippen LogP contribution in [0.3, 0.4) is 0 Å². The summed E-state index contributed by atoms with van der Waals surface area (Å²) in [6.07, 6.45) is 4.75. The molecular weight excluding hydrogens is 264 g/mol. The number of ether oxygens (including phenoxy) is 1. The van der Waals surface area contributed by atoms with Gasteiger partial charge in [0.1, 0.15) is 17.2 Å². The lowest BCUT2D eigenvalue weighted by molar-refractivity contribution is 0.0516. The molecule has 108 valence electrons. The molecule has 0 saturated heterocycles. The Kier molecular flexibility index (Phi) is 5.09. The van der Waals surface area contributed by atoms with E-state index >= 15 is 0 Å². The lowest BCUT2D eigenvalue weighted by Crippen LogP contribution is -2.39. The Bertz CT molecular complexity index is 509. The van der Waals surface area contributed by atoms with Crippen molar-refractivity contribution in [2.45, 2.75) is 38.8 Å². The molecule has 0 bridgehead atoms. The van der Waals surface area contributed by atoms with Crippen LogP contribution in [0.4, 0.5) is 13.6 Å². The quantitative estimate of drug-likeness (QED) is 0.865. The van der Waals surface area contributed by atoms with Crippen LogP contribution in [0.5, 0.6) is 0 Å². The van der Waals surface area contributed by atoms with Crippen molar-refractivity contribution in [1.29, 1.82) is 0 Å². The van der Waals surface area contributed by atoms with Gasteiger partial charge in [0.15, 0.2) is 0 Å². The Morgan fingerprint density at radius 1 is 1.35 bits per heavy atom. The summed E-state index contributed by atoms with van der Waals surface area (Å²) >= 11 is 0. The van der Waals surface area contributed by atoms with E-state index in [1.165, 1.54) is 12.1 Å². The normalized spacial score (nSPS) is 12.4. The van der Waals surface area contributed by atoms with E-state index in [9.17, 15) is 13.6 Å². The largest absolute Gasteiger partial charge is 0.444 e. The number of alkyl carbamates (subject to hydrolysis) is 1. The molecule has 0 spiro atoms. The molecule has 1 aromatic carbocycles. The Labute approximate surface area is 117 Å². The van der Waals surface area contributed by atoms with Crippen LogP contribution < -0.4 is 5.32 Å². The minimum absolute atomic E-state index is 0.115. The van der Waals surface area contributed by atoms with Crippen molar-refractivity contribution in [3.05, 3.63) is 35.4 Å². The van der Waals surface area contributed by atoms with Crippen molar-refractivity contribution in [2.75, 3.05) is 0 Å². The number of nitrogens with one attached hydrogen (secondary N) is 1. The number of hydrogen-bond acceptors (Lipinski definition) is 2. The molecule has 20 heavy (non-hydrogen) atoms. The first kappa shape index (κ1) is 16.0. The molecule has 1 unspecified atom stereocenters. The molecule has 1 N–H and O–H groups in total. The van der Waals surface area contributed by atoms with Crippen molar-refractivity contribution < 1.29 is 18.3 Å². The lowest BCUT2D eigenvalue weighted by atomic mass is 10.1. The number of terminal acetylenes is 1. The van der Waals surface area contributed by atoms with E-state index in [4.69, 9.17) is 11.2 Å². The third kappa shape index (κ3) is 5.70. The van der Waals surface area contributed by atoms with E-state index in [1.807, 2.05) is 0 Å². The zero-order chi connectivity index (χ0) is 15.3. The average Bonchev–Trinajstić information content (AvgIpc) is 2.23. The molecule has 3 nitrogen and oxygen atoms in total. The Hall–Kier alpha value is -2.09. The first-order valence-corrected chi connectivity index (χ1v) is 6.10. The highest BCUT2D eigenvalue weighted by Crippen LogP contribution is 2.11. The number of carbonyl (C=O) groups excluding carboxylic acids is 1. The summed E-state index contributed by atoms with van der Waals surface area (Å²) in [5.74, 6) is 0.975. The molecular formula is C15H17F2NO2. The zero-order valence-corrected chi connectivity index (χ0v) is 11.7. The topological polar surface area (TPSA) is 38.3 Å². The minimum Gasteiger partial charge on any atom is -0.444 e. The van der Waals surface area contributed by atoms with Crippen LogP contribution in [-0.4, -0.2) is 17.7 Å². The number of rotatable bonds is 3. The summed E-state index contributed by atoms with van der Waals surface area (Å²) in [5, 5.41) is 2.47. The number of benzene rings is 1. The first-order valence-electron chi connectivity index (χ1n) is 6.10. The van der Waals surface area contributed by atoms with Crippen LogP contribution in [-0.2, 0) is 11.2 Å². The van der Waals surface area contributed by atoms with Gasteiger partial charge >= 0.3 is 6.09 Å². The monoisotopic (exact) mass is 281 g/mol. The standard InChI is InChI=1S/C15H17F2NO2/c1-5-13(18-14(19)20-15(2,3)4)8-10-6-11(16)9-12(17)7-10/h1,6-7,9,13H,8H2,2-4H3,(H,18,19). The summed E-state index contributed by atoms with van der Waals surface area (Å²) in [7, 11) is 0. The van der Waals surface area contributed by atoms with Gasteiger partial charge in [-0.2, -0.15) is 0 Å². The number of carbonyl (C=O) groups is 1. The number of halogens is 2. The highest BCUT2D eigenvalue weighted by Gasteiger charge is 2.19. The van der Waals surface area contributed by atoms with Gasteiger partial charge in [-0.05, 0) is 38.5 Å². The van der Waals surface area contributed by atoms with Gasteiger partial charge in [0, 0.05) is 12.5 Å². The third-order valence-corrected chi connectivity index (χ3v) is 2.25. The summed E-state index contributed by atoms with van der Waals surface area (Å²) < 4.78 is 31.2. The van der Waals surface area contributed by atoms with Gasteiger partial charge in [0.25, 0.3) is 0 Å². The molecule has 1 amide bonds. The smallest absolute Gasteiger partial charge is 0.408 e. The third-order valence-electron chi connectivity index (χ3n) is 2.25. The number of hydrogen-bond donors (Lipinski definition) is 1. The van der Waals surface area contributed by atoms with Crippen LogP contribution in [0.2, 0.25) is 0 Å². The SMILES string of the molecule is C#CC(Cc1cc(F)cc(F)c1)NC(=O)OC(C)(C)C. The number of amides is 1. The highest BCUT2D eigenvalue weighted by atomic mass is 19.1. The maximum Gasteiger partial charge on any atom is 0.408 e. The van der Waals surface area contributed by atoms with E-state index in [2.05, 4.69) is 11.2 Å². The Morgan fingerprint density at radius 2 is 1.90 bits per heavy atom. The Morgan fingerprint density at radius 3 is 2.35 bits per heavy atom. The fraction of sp³-hybridized carbons (Fsp3) is 0.400. The molecule has 0 saturated carbocycles. The van der Waals surface area contributed by atoms with Gasteiger partial charge in [-0.1, -0.05) is 5.92 Å². The van der Waals surface area contributed by atoms with Gasteiger partial charge < -0.3 is 10.1 Å². The fourth-order valence-corrected chi connectivity index (χ4v) is 1.57. The van der Waals surface area contributed by atoms with Crippen LogP contribution >= 0.6 is 0 Å². The molecule has 1 aromatic rings. The predicted molar refractivity (Wildman–Crippen MR) is 72.1 cm³/mol. The summed E-state index contributed by atoms with van der Waals surface area (Å²) in [4.78, 5) is 11.6. The van der Waals surface area contributed by atoms with Gasteiger partial charge in [0.2, 0.25) is 0 Å². The summed E-state index contributed by atoms with van der Waals surface area (Å²) in [6, 6.07) is 2.41. The molecule has 0 aromatic heterocycles. The van der Waals surface area contributed by atoms with E-state index in [0.29, 0.717) is 5.56 Å².